The first-order chi connectivity index (χ1) is 14.8. The molecule has 0 spiro atoms. The van der Waals surface area contributed by atoms with Crippen LogP contribution in [0, 0.1) is 0 Å². The number of benzene rings is 2. The number of nitrogens with two attached hydrogens (primary N) is 1. The van der Waals surface area contributed by atoms with Crippen molar-refractivity contribution in [2.45, 2.75) is 18.9 Å². The van der Waals surface area contributed by atoms with Gasteiger partial charge in [0.2, 0.25) is 0 Å². The molecule has 1 heterocycles. The van der Waals surface area contributed by atoms with Crippen LogP contribution in [0.4, 0.5) is 21.9 Å². The maximum Gasteiger partial charge on any atom is 0.407 e. The van der Waals surface area contributed by atoms with Crippen LogP contribution in [-0.4, -0.2) is 73.2 Å². The van der Waals surface area contributed by atoms with Crippen LogP contribution in [0.25, 0.3) is 0 Å². The lowest BCUT2D eigenvalue weighted by molar-refractivity contribution is 0.102. The molecular weight excluding hydrogens is 394 g/mol. The molecule has 166 valence electrons. The molecule has 0 aliphatic carbocycles. The van der Waals surface area contributed by atoms with E-state index in [9.17, 15) is 14.7 Å². The molecule has 8 heteroatoms. The number of nitrogens with one attached hydrogen (secondary N) is 1. The summed E-state index contributed by atoms with van der Waals surface area (Å²) in [5.41, 5.74) is 8.51. The van der Waals surface area contributed by atoms with E-state index in [0.717, 1.165) is 31.6 Å². The third kappa shape index (κ3) is 5.88. The van der Waals surface area contributed by atoms with Crippen LogP contribution in [0.5, 0.6) is 0 Å². The largest absolute Gasteiger partial charge is 0.465 e. The molecule has 1 aliphatic heterocycles. The highest BCUT2D eigenvalue weighted by Gasteiger charge is 2.30. The summed E-state index contributed by atoms with van der Waals surface area (Å²) in [6.45, 7) is 2.83. The van der Waals surface area contributed by atoms with E-state index >= 15 is 0 Å². The normalized spacial score (nSPS) is 15.8. The molecule has 4 N–H and O–H groups in total. The Morgan fingerprint density at radius 1 is 1.13 bits per heavy atom. The van der Waals surface area contributed by atoms with Crippen LogP contribution in [0.1, 0.15) is 23.2 Å². The van der Waals surface area contributed by atoms with E-state index in [1.807, 2.05) is 38.4 Å². The molecule has 1 saturated heterocycles. The number of carbonyl (C=O) groups is 2. The Kier molecular flexibility index (Phi) is 7.36. The van der Waals surface area contributed by atoms with E-state index < -0.39 is 6.09 Å². The zero-order valence-corrected chi connectivity index (χ0v) is 18.1. The Bertz CT molecular complexity index is 900. The van der Waals surface area contributed by atoms with Gasteiger partial charge in [0, 0.05) is 30.9 Å². The highest BCUT2D eigenvalue weighted by atomic mass is 16.4. The summed E-state index contributed by atoms with van der Waals surface area (Å²) in [6.07, 6.45) is 0.743. The second kappa shape index (κ2) is 10.2. The number of rotatable bonds is 8. The van der Waals surface area contributed by atoms with E-state index in [1.54, 1.807) is 29.2 Å². The Balaban J connectivity index is 1.59. The van der Waals surface area contributed by atoms with Crippen molar-refractivity contribution >= 4 is 29.1 Å². The second-order valence-electron chi connectivity index (χ2n) is 8.11. The highest BCUT2D eigenvalue weighted by molar-refractivity contribution is 6.05. The van der Waals surface area contributed by atoms with Gasteiger partial charge in [0.15, 0.2) is 0 Å². The van der Waals surface area contributed by atoms with Crippen molar-refractivity contribution in [3.05, 3.63) is 54.1 Å². The molecule has 0 saturated carbocycles. The summed E-state index contributed by atoms with van der Waals surface area (Å²) in [5.74, 6) is -0.221. The van der Waals surface area contributed by atoms with Crippen LogP contribution in [0.2, 0.25) is 0 Å². The lowest BCUT2D eigenvalue weighted by Crippen LogP contribution is -2.42. The number of amides is 2. The van der Waals surface area contributed by atoms with Crippen molar-refractivity contribution in [3.63, 3.8) is 0 Å². The number of carbonyl (C=O) groups excluding carboxylic acids is 1. The van der Waals surface area contributed by atoms with Crippen LogP contribution >= 0.6 is 0 Å². The van der Waals surface area contributed by atoms with Gasteiger partial charge in [0.05, 0.1) is 17.4 Å². The minimum Gasteiger partial charge on any atom is -0.465 e. The van der Waals surface area contributed by atoms with Gasteiger partial charge in [-0.1, -0.05) is 12.1 Å². The van der Waals surface area contributed by atoms with Crippen molar-refractivity contribution in [2.75, 3.05) is 56.2 Å². The fourth-order valence-electron chi connectivity index (χ4n) is 3.85. The number of para-hydroxylation sites is 2. The van der Waals surface area contributed by atoms with Gasteiger partial charge in [-0.25, -0.2) is 4.79 Å². The van der Waals surface area contributed by atoms with Crippen molar-refractivity contribution in [1.29, 1.82) is 0 Å². The monoisotopic (exact) mass is 425 g/mol. The van der Waals surface area contributed by atoms with Gasteiger partial charge in [-0.3, -0.25) is 4.79 Å². The smallest absolute Gasteiger partial charge is 0.407 e. The number of hydrogen-bond donors (Lipinski definition) is 3. The van der Waals surface area contributed by atoms with Gasteiger partial charge in [-0.2, -0.15) is 0 Å². The third-order valence-corrected chi connectivity index (χ3v) is 5.56. The van der Waals surface area contributed by atoms with Gasteiger partial charge in [0.25, 0.3) is 5.91 Å². The summed E-state index contributed by atoms with van der Waals surface area (Å²) in [6, 6.07) is 14.5. The molecule has 1 fully saturated rings. The number of anilines is 3. The lowest BCUT2D eigenvalue weighted by Gasteiger charge is -2.27. The van der Waals surface area contributed by atoms with Crippen molar-refractivity contribution < 1.29 is 14.7 Å². The number of carboxylic acid groups (broad SMARTS) is 1. The van der Waals surface area contributed by atoms with E-state index in [4.69, 9.17) is 5.73 Å². The highest BCUT2D eigenvalue weighted by Crippen LogP contribution is 2.24. The molecule has 8 nitrogen and oxygen atoms in total. The SMILES string of the molecule is CN(C)CCCN(C(=O)O)[C@H]1CCN(c2ccc(C(=O)Nc3ccccc3N)cc2)C1. The Morgan fingerprint density at radius 3 is 2.48 bits per heavy atom. The fourth-order valence-corrected chi connectivity index (χ4v) is 3.85. The maximum atomic E-state index is 12.5. The van der Waals surface area contributed by atoms with Crippen LogP contribution in [-0.2, 0) is 0 Å². The fraction of sp³-hybridized carbons (Fsp3) is 0.391. The Hall–Kier alpha value is -3.26. The lowest BCUT2D eigenvalue weighted by atomic mass is 10.1. The van der Waals surface area contributed by atoms with E-state index in [2.05, 4.69) is 15.1 Å². The standard InChI is InChI=1S/C23H31N5O3/c1-26(2)13-5-14-28(23(30)31)19-12-15-27(16-19)18-10-8-17(9-11-18)22(29)25-21-7-4-3-6-20(21)24/h3-4,6-11,19H,5,12-16,24H2,1-2H3,(H,25,29)(H,30,31)/t19-/m0/s1. The third-order valence-electron chi connectivity index (χ3n) is 5.56. The zero-order valence-electron chi connectivity index (χ0n) is 18.1. The van der Waals surface area contributed by atoms with Crippen LogP contribution in [0.15, 0.2) is 48.5 Å². The molecule has 31 heavy (non-hydrogen) atoms. The molecule has 1 aliphatic rings. The molecule has 0 radical (unpaired) electrons. The average molecular weight is 426 g/mol. The molecular formula is C23H31N5O3. The zero-order chi connectivity index (χ0) is 22.4. The van der Waals surface area contributed by atoms with Gasteiger partial charge in [-0.05, 0) is 69.9 Å². The van der Waals surface area contributed by atoms with Gasteiger partial charge in [0.1, 0.15) is 0 Å². The Morgan fingerprint density at radius 2 is 1.84 bits per heavy atom. The Labute approximate surface area is 183 Å². The molecule has 0 bridgehead atoms. The molecule has 0 aromatic heterocycles. The van der Waals surface area contributed by atoms with Crippen LogP contribution in [0.3, 0.4) is 0 Å². The topological polar surface area (TPSA) is 102 Å². The van der Waals surface area contributed by atoms with E-state index in [0.29, 0.717) is 30.0 Å². The van der Waals surface area contributed by atoms with Gasteiger partial charge < -0.3 is 30.9 Å². The van der Waals surface area contributed by atoms with Gasteiger partial charge >= 0.3 is 6.09 Å². The second-order valence-corrected chi connectivity index (χ2v) is 8.11. The predicted molar refractivity (Wildman–Crippen MR) is 124 cm³/mol. The maximum absolute atomic E-state index is 12.5. The molecule has 1 atom stereocenters. The van der Waals surface area contributed by atoms with E-state index in [1.165, 1.54) is 0 Å². The summed E-state index contributed by atoms with van der Waals surface area (Å²) in [7, 11) is 3.97. The number of nitrogens with zero attached hydrogens (tertiary/aromatic N) is 3. The first-order valence-corrected chi connectivity index (χ1v) is 10.5. The first kappa shape index (κ1) is 22.4. The van der Waals surface area contributed by atoms with Gasteiger partial charge in [-0.15, -0.1) is 0 Å². The molecule has 0 unspecified atom stereocenters. The quantitative estimate of drug-likeness (QED) is 0.562. The molecule has 2 aromatic carbocycles. The summed E-state index contributed by atoms with van der Waals surface area (Å²) < 4.78 is 0. The van der Waals surface area contributed by atoms with Crippen molar-refractivity contribution in [3.8, 4) is 0 Å². The van der Waals surface area contributed by atoms with E-state index in [-0.39, 0.29) is 11.9 Å². The summed E-state index contributed by atoms with van der Waals surface area (Å²) in [5, 5.41) is 12.5. The van der Waals surface area contributed by atoms with Crippen molar-refractivity contribution in [2.24, 2.45) is 0 Å². The first-order valence-electron chi connectivity index (χ1n) is 10.5. The van der Waals surface area contributed by atoms with Crippen LogP contribution < -0.4 is 16.0 Å². The van der Waals surface area contributed by atoms with Crippen molar-refractivity contribution in [1.82, 2.24) is 9.80 Å². The molecule has 2 amide bonds. The average Bonchev–Trinajstić information content (AvgIpc) is 3.22. The molecule has 3 rings (SSSR count). The number of hydrogen-bond acceptors (Lipinski definition) is 5. The minimum atomic E-state index is -0.863. The predicted octanol–water partition coefficient (Wildman–Crippen LogP) is 3.03. The number of nitrogen functional groups attached to an aromatic ring is 1. The molecule has 2 aromatic rings. The summed E-state index contributed by atoms with van der Waals surface area (Å²) in [4.78, 5) is 30.0. The minimum absolute atomic E-state index is 0.0244. The summed E-state index contributed by atoms with van der Waals surface area (Å²) >= 11 is 0.